The van der Waals surface area contributed by atoms with E-state index in [2.05, 4.69) is 0 Å². The van der Waals surface area contributed by atoms with Gasteiger partial charge in [0, 0.05) is 0 Å². The molecule has 1 heterocycles. The van der Waals surface area contributed by atoms with Crippen molar-refractivity contribution in [1.29, 1.82) is 0 Å². The van der Waals surface area contributed by atoms with Gasteiger partial charge in [-0.3, -0.25) is 19.3 Å². The van der Waals surface area contributed by atoms with Gasteiger partial charge in [0.1, 0.15) is 0 Å². The van der Waals surface area contributed by atoms with E-state index in [-0.39, 0.29) is 29.4 Å². The standard InChI is InChI=1S/C13H13NO4S/c1-2-18-11(15)7-19-8-14-12(16)9-5-3-4-6-10(9)13(14)17/h3-6H,2,7-8H2,1H3. The van der Waals surface area contributed by atoms with Crippen molar-refractivity contribution < 1.29 is 19.1 Å². The Hall–Kier alpha value is -1.82. The number of carbonyl (C=O) groups excluding carboxylic acids is 3. The summed E-state index contributed by atoms with van der Waals surface area (Å²) in [5.41, 5.74) is 0.841. The van der Waals surface area contributed by atoms with Crippen molar-refractivity contribution in [3.63, 3.8) is 0 Å². The van der Waals surface area contributed by atoms with Gasteiger partial charge in [-0.05, 0) is 19.1 Å². The molecule has 1 aromatic carbocycles. The zero-order valence-electron chi connectivity index (χ0n) is 10.4. The van der Waals surface area contributed by atoms with Gasteiger partial charge in [-0.2, -0.15) is 0 Å². The Balaban J connectivity index is 1.95. The van der Waals surface area contributed by atoms with Crippen LogP contribution in [0.3, 0.4) is 0 Å². The lowest BCUT2D eigenvalue weighted by molar-refractivity contribution is -0.139. The number of carbonyl (C=O) groups is 3. The average molecular weight is 279 g/mol. The van der Waals surface area contributed by atoms with Crippen LogP contribution >= 0.6 is 11.8 Å². The summed E-state index contributed by atoms with van der Waals surface area (Å²) in [7, 11) is 0. The number of rotatable bonds is 5. The fourth-order valence-electron chi connectivity index (χ4n) is 1.78. The molecule has 0 saturated heterocycles. The molecule has 0 fully saturated rings. The Morgan fingerprint density at radius 1 is 1.21 bits per heavy atom. The third-order valence-corrected chi connectivity index (χ3v) is 3.50. The van der Waals surface area contributed by atoms with Gasteiger partial charge in [-0.15, -0.1) is 11.8 Å². The number of benzene rings is 1. The summed E-state index contributed by atoms with van der Waals surface area (Å²) in [5, 5.41) is 0. The maximum absolute atomic E-state index is 12.0. The number of nitrogens with zero attached hydrogens (tertiary/aromatic N) is 1. The number of fused-ring (bicyclic) bond motifs is 1. The van der Waals surface area contributed by atoms with E-state index in [4.69, 9.17) is 4.74 Å². The SMILES string of the molecule is CCOC(=O)CSCN1C(=O)c2ccccc2C1=O. The topological polar surface area (TPSA) is 63.7 Å². The molecular formula is C13H13NO4S. The molecule has 1 aromatic rings. The number of hydrogen-bond donors (Lipinski definition) is 0. The van der Waals surface area contributed by atoms with Crippen LogP contribution in [0.15, 0.2) is 24.3 Å². The maximum atomic E-state index is 12.0. The van der Waals surface area contributed by atoms with E-state index in [0.717, 1.165) is 4.90 Å². The van der Waals surface area contributed by atoms with Crippen LogP contribution in [-0.2, 0) is 9.53 Å². The lowest BCUT2D eigenvalue weighted by Gasteiger charge is -2.12. The second kappa shape index (κ2) is 5.88. The van der Waals surface area contributed by atoms with E-state index in [1.54, 1.807) is 31.2 Å². The van der Waals surface area contributed by atoms with Crippen molar-refractivity contribution in [3.05, 3.63) is 35.4 Å². The summed E-state index contributed by atoms with van der Waals surface area (Å²) in [6.45, 7) is 2.05. The van der Waals surface area contributed by atoms with Crippen molar-refractivity contribution >= 4 is 29.5 Å². The first-order valence-electron chi connectivity index (χ1n) is 5.83. The second-order valence-electron chi connectivity index (χ2n) is 3.87. The van der Waals surface area contributed by atoms with Gasteiger partial charge >= 0.3 is 5.97 Å². The molecule has 0 aliphatic carbocycles. The first-order valence-corrected chi connectivity index (χ1v) is 6.99. The van der Waals surface area contributed by atoms with Crippen LogP contribution in [0.4, 0.5) is 0 Å². The van der Waals surface area contributed by atoms with Gasteiger partial charge in [0.2, 0.25) is 0 Å². The Labute approximate surface area is 114 Å². The molecule has 0 atom stereocenters. The summed E-state index contributed by atoms with van der Waals surface area (Å²) in [4.78, 5) is 36.3. The molecule has 0 radical (unpaired) electrons. The smallest absolute Gasteiger partial charge is 0.315 e. The van der Waals surface area contributed by atoms with Gasteiger partial charge in [0.15, 0.2) is 0 Å². The second-order valence-corrected chi connectivity index (χ2v) is 4.82. The van der Waals surface area contributed by atoms with Crippen LogP contribution in [0.25, 0.3) is 0 Å². The highest BCUT2D eigenvalue weighted by atomic mass is 32.2. The predicted octanol–water partition coefficient (Wildman–Crippen LogP) is 1.54. The minimum absolute atomic E-state index is 0.126. The van der Waals surface area contributed by atoms with Crippen molar-refractivity contribution in [3.8, 4) is 0 Å². The van der Waals surface area contributed by atoms with Crippen LogP contribution in [0.2, 0.25) is 0 Å². The lowest BCUT2D eigenvalue weighted by atomic mass is 10.1. The third kappa shape index (κ3) is 2.78. The predicted molar refractivity (Wildman–Crippen MR) is 70.9 cm³/mol. The van der Waals surface area contributed by atoms with Crippen LogP contribution in [-0.4, -0.2) is 40.9 Å². The molecule has 1 aliphatic heterocycles. The van der Waals surface area contributed by atoms with Crippen molar-refractivity contribution in [2.75, 3.05) is 18.2 Å². The zero-order valence-corrected chi connectivity index (χ0v) is 11.2. The van der Waals surface area contributed by atoms with Crippen molar-refractivity contribution in [1.82, 2.24) is 4.90 Å². The number of imide groups is 1. The molecule has 0 unspecified atom stereocenters. The molecule has 2 rings (SSSR count). The van der Waals surface area contributed by atoms with Gasteiger partial charge in [0.05, 0.1) is 29.4 Å². The minimum atomic E-state index is -0.343. The van der Waals surface area contributed by atoms with Gasteiger partial charge in [-0.25, -0.2) is 0 Å². The fraction of sp³-hybridized carbons (Fsp3) is 0.308. The van der Waals surface area contributed by atoms with E-state index in [9.17, 15) is 14.4 Å². The summed E-state index contributed by atoms with van der Waals surface area (Å²) in [5.74, 6) is -0.676. The molecule has 0 saturated carbocycles. The summed E-state index contributed by atoms with van der Waals surface area (Å²) in [6, 6.07) is 6.70. The third-order valence-electron chi connectivity index (χ3n) is 2.62. The van der Waals surface area contributed by atoms with E-state index in [0.29, 0.717) is 17.7 Å². The maximum Gasteiger partial charge on any atom is 0.315 e. The number of amides is 2. The monoisotopic (exact) mass is 279 g/mol. The van der Waals surface area contributed by atoms with E-state index in [1.165, 1.54) is 11.8 Å². The van der Waals surface area contributed by atoms with Gasteiger partial charge < -0.3 is 4.74 Å². The lowest BCUT2D eigenvalue weighted by Crippen LogP contribution is -2.29. The highest BCUT2D eigenvalue weighted by Crippen LogP contribution is 2.24. The van der Waals surface area contributed by atoms with Crippen LogP contribution in [0.1, 0.15) is 27.6 Å². The number of ether oxygens (including phenoxy) is 1. The van der Waals surface area contributed by atoms with Crippen LogP contribution in [0, 0.1) is 0 Å². The van der Waals surface area contributed by atoms with Gasteiger partial charge in [0.25, 0.3) is 11.8 Å². The molecule has 0 aromatic heterocycles. The molecule has 6 heteroatoms. The first-order chi connectivity index (χ1) is 9.15. The van der Waals surface area contributed by atoms with Crippen LogP contribution in [0.5, 0.6) is 0 Å². The van der Waals surface area contributed by atoms with Crippen molar-refractivity contribution in [2.45, 2.75) is 6.92 Å². The molecule has 1 aliphatic rings. The zero-order chi connectivity index (χ0) is 13.8. The first kappa shape index (κ1) is 13.6. The number of thioether (sulfide) groups is 1. The summed E-state index contributed by atoms with van der Waals surface area (Å²) < 4.78 is 4.77. The fourth-order valence-corrected chi connectivity index (χ4v) is 2.54. The molecule has 0 N–H and O–H groups in total. The minimum Gasteiger partial charge on any atom is -0.465 e. The summed E-state index contributed by atoms with van der Waals surface area (Å²) >= 11 is 1.19. The molecule has 5 nitrogen and oxygen atoms in total. The Bertz CT molecular complexity index is 494. The quantitative estimate of drug-likeness (QED) is 0.604. The molecule has 0 spiro atoms. The Kier molecular flexibility index (Phi) is 4.21. The molecule has 2 amide bonds. The Morgan fingerprint density at radius 2 is 1.79 bits per heavy atom. The normalized spacial score (nSPS) is 13.6. The van der Waals surface area contributed by atoms with Crippen molar-refractivity contribution in [2.24, 2.45) is 0 Å². The number of hydrogen-bond acceptors (Lipinski definition) is 5. The Morgan fingerprint density at radius 3 is 2.32 bits per heavy atom. The van der Waals surface area contributed by atoms with Gasteiger partial charge in [-0.1, -0.05) is 12.1 Å². The highest BCUT2D eigenvalue weighted by molar-refractivity contribution is 7.99. The molecule has 19 heavy (non-hydrogen) atoms. The average Bonchev–Trinajstić information content (AvgIpc) is 2.65. The molecule has 100 valence electrons. The van der Waals surface area contributed by atoms with Crippen LogP contribution < -0.4 is 0 Å². The molecule has 0 bridgehead atoms. The van der Waals surface area contributed by atoms with E-state index in [1.807, 2.05) is 0 Å². The largest absolute Gasteiger partial charge is 0.465 e. The van der Waals surface area contributed by atoms with E-state index >= 15 is 0 Å². The highest BCUT2D eigenvalue weighted by Gasteiger charge is 2.34. The van der Waals surface area contributed by atoms with E-state index < -0.39 is 0 Å². The number of esters is 1. The summed E-state index contributed by atoms with van der Waals surface area (Å²) in [6.07, 6.45) is 0. The molecular weight excluding hydrogens is 266 g/mol.